The molecule has 0 aromatic heterocycles. The van der Waals surface area contributed by atoms with E-state index in [-0.39, 0.29) is 12.5 Å². The molecule has 1 aliphatic rings. The first kappa shape index (κ1) is 26.6. The van der Waals surface area contributed by atoms with Gasteiger partial charge in [0.2, 0.25) is 5.91 Å². The van der Waals surface area contributed by atoms with Crippen LogP contribution in [-0.2, 0) is 14.3 Å². The molecule has 0 bridgehead atoms. The summed E-state index contributed by atoms with van der Waals surface area (Å²) in [6, 6.07) is 14.3. The van der Waals surface area contributed by atoms with Crippen molar-refractivity contribution in [2.75, 3.05) is 18.6 Å². The highest BCUT2D eigenvalue weighted by Crippen LogP contribution is 2.44. The lowest BCUT2D eigenvalue weighted by atomic mass is 9.98. The van der Waals surface area contributed by atoms with E-state index in [0.29, 0.717) is 30.9 Å². The van der Waals surface area contributed by atoms with Gasteiger partial charge in [0.1, 0.15) is 18.7 Å². The Morgan fingerprint density at radius 2 is 1.51 bits per heavy atom. The zero-order valence-corrected chi connectivity index (χ0v) is 21.3. The summed E-state index contributed by atoms with van der Waals surface area (Å²) in [5.74, 6) is -0.725. The Morgan fingerprint density at radius 3 is 2.06 bits per heavy atom. The SMILES string of the molecule is CSCC[C@H](NC(=O)OCC1c2ccccc2-c2ccccc21)C(=O)NC(CCC(C)C)C(=O)O. The van der Waals surface area contributed by atoms with E-state index >= 15 is 0 Å². The summed E-state index contributed by atoms with van der Waals surface area (Å²) in [5, 5.41) is 14.8. The molecule has 2 atom stereocenters. The van der Waals surface area contributed by atoms with Gasteiger partial charge >= 0.3 is 12.1 Å². The molecule has 35 heavy (non-hydrogen) atoms. The lowest BCUT2D eigenvalue weighted by Crippen LogP contribution is -2.52. The van der Waals surface area contributed by atoms with Crippen LogP contribution in [0.3, 0.4) is 0 Å². The minimum absolute atomic E-state index is 0.0842. The molecule has 3 rings (SSSR count). The zero-order chi connectivity index (χ0) is 25.4. The van der Waals surface area contributed by atoms with Crippen LogP contribution >= 0.6 is 11.8 Å². The summed E-state index contributed by atoms with van der Waals surface area (Å²) in [6.07, 6.45) is 2.59. The first-order valence-electron chi connectivity index (χ1n) is 12.0. The van der Waals surface area contributed by atoms with Crippen molar-refractivity contribution in [3.05, 3.63) is 59.7 Å². The molecule has 7 nitrogen and oxygen atoms in total. The first-order chi connectivity index (χ1) is 16.8. The number of carboxylic acid groups (broad SMARTS) is 1. The van der Waals surface area contributed by atoms with E-state index in [1.165, 1.54) is 0 Å². The van der Waals surface area contributed by atoms with Crippen LogP contribution in [0, 0.1) is 5.92 Å². The van der Waals surface area contributed by atoms with Crippen molar-refractivity contribution >= 4 is 29.7 Å². The van der Waals surface area contributed by atoms with E-state index in [2.05, 4.69) is 22.8 Å². The van der Waals surface area contributed by atoms with E-state index in [1.807, 2.05) is 56.5 Å². The second-order valence-corrected chi connectivity index (χ2v) is 10.2. The number of rotatable bonds is 12. The molecule has 0 saturated heterocycles. The number of ether oxygens (including phenoxy) is 1. The molecule has 0 aliphatic heterocycles. The number of benzene rings is 2. The molecule has 2 aromatic carbocycles. The first-order valence-corrected chi connectivity index (χ1v) is 13.3. The Balaban J connectivity index is 1.63. The minimum atomic E-state index is -1.08. The molecule has 2 aromatic rings. The van der Waals surface area contributed by atoms with Gasteiger partial charge in [-0.1, -0.05) is 62.4 Å². The summed E-state index contributed by atoms with van der Waals surface area (Å²) in [4.78, 5) is 37.2. The molecular weight excluding hydrogens is 464 g/mol. The summed E-state index contributed by atoms with van der Waals surface area (Å²) < 4.78 is 5.58. The molecule has 0 saturated carbocycles. The van der Waals surface area contributed by atoms with Crippen LogP contribution in [0.15, 0.2) is 48.5 Å². The molecule has 0 spiro atoms. The summed E-state index contributed by atoms with van der Waals surface area (Å²) in [5.41, 5.74) is 4.48. The monoisotopic (exact) mass is 498 g/mol. The molecule has 3 N–H and O–H groups in total. The zero-order valence-electron chi connectivity index (χ0n) is 20.5. The predicted molar refractivity (Wildman–Crippen MR) is 139 cm³/mol. The molecular formula is C27H34N2O5S. The number of thioether (sulfide) groups is 1. The normalized spacial score (nSPS) is 14.1. The van der Waals surface area contributed by atoms with Crippen LogP contribution in [0.2, 0.25) is 0 Å². The van der Waals surface area contributed by atoms with Gasteiger partial charge in [-0.2, -0.15) is 11.8 Å². The second-order valence-electron chi connectivity index (χ2n) is 9.17. The number of hydrogen-bond acceptors (Lipinski definition) is 5. The highest BCUT2D eigenvalue weighted by molar-refractivity contribution is 7.98. The average Bonchev–Trinajstić information content (AvgIpc) is 3.16. The van der Waals surface area contributed by atoms with E-state index in [9.17, 15) is 19.5 Å². The van der Waals surface area contributed by atoms with Crippen LogP contribution in [0.5, 0.6) is 0 Å². The fraction of sp³-hybridized carbons (Fsp3) is 0.444. The molecule has 1 aliphatic carbocycles. The van der Waals surface area contributed by atoms with Crippen molar-refractivity contribution in [1.29, 1.82) is 0 Å². The summed E-state index contributed by atoms with van der Waals surface area (Å²) >= 11 is 1.54. The Bertz CT molecular complexity index is 996. The molecule has 0 heterocycles. The molecule has 8 heteroatoms. The third-order valence-electron chi connectivity index (χ3n) is 6.21. The maximum absolute atomic E-state index is 12.9. The number of carbonyl (C=O) groups is 3. The summed E-state index contributed by atoms with van der Waals surface area (Å²) in [6.45, 7) is 4.14. The van der Waals surface area contributed by atoms with Crippen LogP contribution in [0.1, 0.15) is 50.2 Å². The molecule has 2 amide bonds. The second kappa shape index (κ2) is 12.6. The topological polar surface area (TPSA) is 105 Å². The van der Waals surface area contributed by atoms with Gasteiger partial charge in [0.15, 0.2) is 0 Å². The Kier molecular flexibility index (Phi) is 9.60. The van der Waals surface area contributed by atoms with Crippen LogP contribution in [0.25, 0.3) is 11.1 Å². The van der Waals surface area contributed by atoms with Crippen LogP contribution < -0.4 is 10.6 Å². The molecule has 0 radical (unpaired) electrons. The van der Waals surface area contributed by atoms with Crippen LogP contribution in [0.4, 0.5) is 4.79 Å². The van der Waals surface area contributed by atoms with Crippen LogP contribution in [-0.4, -0.2) is 53.8 Å². The number of alkyl carbamates (subject to hydrolysis) is 1. The van der Waals surface area contributed by atoms with Gasteiger partial charge in [-0.25, -0.2) is 9.59 Å². The van der Waals surface area contributed by atoms with Crippen molar-refractivity contribution in [3.8, 4) is 11.1 Å². The lowest BCUT2D eigenvalue weighted by molar-refractivity contribution is -0.142. The highest BCUT2D eigenvalue weighted by atomic mass is 32.2. The maximum atomic E-state index is 12.9. The van der Waals surface area contributed by atoms with E-state index < -0.39 is 30.1 Å². The van der Waals surface area contributed by atoms with Gasteiger partial charge in [-0.3, -0.25) is 4.79 Å². The standard InChI is InChI=1S/C27H34N2O5S/c1-17(2)12-13-24(26(31)32)28-25(30)23(14-15-35-3)29-27(33)34-16-22-20-10-6-4-8-18(20)19-9-5-7-11-21(19)22/h4-11,17,22-24H,12-16H2,1-3H3,(H,28,30)(H,29,33)(H,31,32)/t23-,24?/m0/s1. The molecule has 1 unspecified atom stereocenters. The maximum Gasteiger partial charge on any atom is 0.407 e. The number of carbonyl (C=O) groups excluding carboxylic acids is 2. The highest BCUT2D eigenvalue weighted by Gasteiger charge is 2.30. The Labute approximate surface area is 211 Å². The number of carboxylic acids is 1. The Morgan fingerprint density at radius 1 is 0.914 bits per heavy atom. The lowest BCUT2D eigenvalue weighted by Gasteiger charge is -2.22. The van der Waals surface area contributed by atoms with Gasteiger partial charge in [0.05, 0.1) is 0 Å². The Hall–Kier alpha value is -3.00. The van der Waals surface area contributed by atoms with Gasteiger partial charge in [0.25, 0.3) is 0 Å². The van der Waals surface area contributed by atoms with Crippen molar-refractivity contribution in [2.45, 2.75) is 51.1 Å². The largest absolute Gasteiger partial charge is 0.480 e. The predicted octanol–water partition coefficient (Wildman–Crippen LogP) is 4.65. The average molecular weight is 499 g/mol. The van der Waals surface area contributed by atoms with E-state index in [4.69, 9.17) is 4.74 Å². The fourth-order valence-electron chi connectivity index (χ4n) is 4.32. The van der Waals surface area contributed by atoms with E-state index in [0.717, 1.165) is 22.3 Å². The smallest absolute Gasteiger partial charge is 0.407 e. The minimum Gasteiger partial charge on any atom is -0.480 e. The van der Waals surface area contributed by atoms with Crippen molar-refractivity contribution < 1.29 is 24.2 Å². The van der Waals surface area contributed by atoms with Gasteiger partial charge in [0, 0.05) is 5.92 Å². The number of fused-ring (bicyclic) bond motifs is 3. The molecule has 188 valence electrons. The van der Waals surface area contributed by atoms with E-state index in [1.54, 1.807) is 11.8 Å². The van der Waals surface area contributed by atoms with Gasteiger partial charge < -0.3 is 20.5 Å². The number of aliphatic carboxylic acids is 1. The number of hydrogen-bond donors (Lipinski definition) is 3. The van der Waals surface area contributed by atoms with Gasteiger partial charge in [-0.05, 0) is 59.4 Å². The quantitative estimate of drug-likeness (QED) is 0.393. The summed E-state index contributed by atoms with van der Waals surface area (Å²) in [7, 11) is 0. The third kappa shape index (κ3) is 7.01. The third-order valence-corrected chi connectivity index (χ3v) is 6.85. The van der Waals surface area contributed by atoms with Crippen molar-refractivity contribution in [2.24, 2.45) is 5.92 Å². The number of nitrogens with one attached hydrogen (secondary N) is 2. The van der Waals surface area contributed by atoms with Crippen molar-refractivity contribution in [3.63, 3.8) is 0 Å². The molecule has 0 fully saturated rings. The van der Waals surface area contributed by atoms with Crippen molar-refractivity contribution in [1.82, 2.24) is 10.6 Å². The fourth-order valence-corrected chi connectivity index (χ4v) is 4.79. The van der Waals surface area contributed by atoms with Gasteiger partial charge in [-0.15, -0.1) is 0 Å². The number of amides is 2.